The summed E-state index contributed by atoms with van der Waals surface area (Å²) < 4.78 is 5.57. The number of hydrogen-bond acceptors (Lipinski definition) is 6. The summed E-state index contributed by atoms with van der Waals surface area (Å²) in [6.45, 7) is 6.75. The molecule has 0 amide bonds. The van der Waals surface area contributed by atoms with Crippen molar-refractivity contribution in [3.05, 3.63) is 12.4 Å². The maximum atomic E-state index is 10.2. The van der Waals surface area contributed by atoms with Gasteiger partial charge in [0.25, 0.3) is 0 Å². The predicted molar refractivity (Wildman–Crippen MR) is 87.0 cm³/mol. The van der Waals surface area contributed by atoms with Crippen molar-refractivity contribution in [3.8, 4) is 0 Å². The SMILES string of the molecule is CC(C)(O)C(C)(C)OB(O)c1cnc(NC2CCCC2)nc1. The highest BCUT2D eigenvalue weighted by atomic mass is 16.5. The topological polar surface area (TPSA) is 87.5 Å². The van der Waals surface area contributed by atoms with Gasteiger partial charge in [0.1, 0.15) is 0 Å². The van der Waals surface area contributed by atoms with Gasteiger partial charge in [-0.15, -0.1) is 0 Å². The van der Waals surface area contributed by atoms with Crippen molar-refractivity contribution in [1.82, 2.24) is 9.97 Å². The van der Waals surface area contributed by atoms with Crippen LogP contribution in [0.15, 0.2) is 12.4 Å². The molecule has 7 heteroatoms. The number of hydrogen-bond donors (Lipinski definition) is 3. The molecule has 1 fully saturated rings. The van der Waals surface area contributed by atoms with Crippen molar-refractivity contribution in [3.63, 3.8) is 0 Å². The first kappa shape index (κ1) is 17.2. The van der Waals surface area contributed by atoms with Gasteiger partial charge in [-0.25, -0.2) is 9.97 Å². The minimum absolute atomic E-state index is 0.446. The van der Waals surface area contributed by atoms with Crippen LogP contribution >= 0.6 is 0 Å². The first-order valence-corrected chi connectivity index (χ1v) is 7.86. The summed E-state index contributed by atoms with van der Waals surface area (Å²) in [7, 11) is -1.18. The van der Waals surface area contributed by atoms with E-state index in [1.54, 1.807) is 40.1 Å². The maximum Gasteiger partial charge on any atom is 0.494 e. The number of aromatic nitrogens is 2. The molecule has 0 bridgehead atoms. The summed E-state index contributed by atoms with van der Waals surface area (Å²) in [5, 5.41) is 23.5. The number of nitrogens with zero attached hydrogens (tertiary/aromatic N) is 2. The van der Waals surface area contributed by atoms with Crippen LogP contribution in [-0.2, 0) is 4.65 Å². The summed E-state index contributed by atoms with van der Waals surface area (Å²) in [4.78, 5) is 8.46. The summed E-state index contributed by atoms with van der Waals surface area (Å²) in [6, 6.07) is 0.446. The van der Waals surface area contributed by atoms with Crippen LogP contribution in [-0.4, -0.2) is 44.5 Å². The van der Waals surface area contributed by atoms with Gasteiger partial charge >= 0.3 is 7.12 Å². The molecular weight excluding hydrogens is 281 g/mol. The van der Waals surface area contributed by atoms with Gasteiger partial charge in [-0.3, -0.25) is 0 Å². The highest BCUT2D eigenvalue weighted by molar-refractivity contribution is 6.59. The standard InChI is InChI=1S/C15H26BN3O3/c1-14(2,20)15(3,4)22-16(21)11-9-17-13(18-10-11)19-12-7-5-6-8-12/h9-10,12,20-21H,5-8H2,1-4H3,(H,17,18,19). The molecule has 1 aromatic rings. The van der Waals surface area contributed by atoms with Crippen molar-refractivity contribution < 1.29 is 14.8 Å². The van der Waals surface area contributed by atoms with Gasteiger partial charge in [0.05, 0.1) is 11.2 Å². The van der Waals surface area contributed by atoms with Crippen molar-refractivity contribution in [2.45, 2.75) is 70.6 Å². The first-order chi connectivity index (χ1) is 10.2. The fourth-order valence-electron chi connectivity index (χ4n) is 2.28. The Bertz CT molecular complexity index is 482. The Morgan fingerprint density at radius 1 is 1.18 bits per heavy atom. The lowest BCUT2D eigenvalue weighted by Gasteiger charge is -2.38. The van der Waals surface area contributed by atoms with Crippen LogP contribution in [0.5, 0.6) is 0 Å². The molecule has 0 aliphatic heterocycles. The zero-order chi connectivity index (χ0) is 16.4. The van der Waals surface area contributed by atoms with E-state index in [1.165, 1.54) is 12.8 Å². The second-order valence-electron chi connectivity index (χ2n) is 7.01. The average Bonchev–Trinajstić information content (AvgIpc) is 2.90. The van der Waals surface area contributed by atoms with E-state index in [0.717, 1.165) is 12.8 Å². The van der Waals surface area contributed by atoms with E-state index in [2.05, 4.69) is 15.3 Å². The molecule has 1 aromatic heterocycles. The lowest BCUT2D eigenvalue weighted by Crippen LogP contribution is -2.53. The van der Waals surface area contributed by atoms with E-state index in [9.17, 15) is 10.1 Å². The van der Waals surface area contributed by atoms with Crippen LogP contribution in [0.3, 0.4) is 0 Å². The lowest BCUT2D eigenvalue weighted by atomic mass is 9.78. The van der Waals surface area contributed by atoms with Crippen molar-refractivity contribution in [2.75, 3.05) is 5.32 Å². The van der Waals surface area contributed by atoms with Gasteiger partial charge < -0.3 is 20.1 Å². The maximum absolute atomic E-state index is 10.2. The van der Waals surface area contributed by atoms with Crippen LogP contribution in [0.25, 0.3) is 0 Å². The van der Waals surface area contributed by atoms with Gasteiger partial charge in [0.2, 0.25) is 5.95 Å². The molecule has 1 aliphatic rings. The molecule has 1 aliphatic carbocycles. The van der Waals surface area contributed by atoms with Crippen LogP contribution < -0.4 is 10.8 Å². The van der Waals surface area contributed by atoms with Crippen molar-refractivity contribution in [1.29, 1.82) is 0 Å². The molecule has 0 aromatic carbocycles. The zero-order valence-electron chi connectivity index (χ0n) is 13.8. The van der Waals surface area contributed by atoms with E-state index in [4.69, 9.17) is 4.65 Å². The fourth-order valence-corrected chi connectivity index (χ4v) is 2.28. The third kappa shape index (κ3) is 4.18. The summed E-state index contributed by atoms with van der Waals surface area (Å²) in [6.07, 6.45) is 7.89. The lowest BCUT2D eigenvalue weighted by molar-refractivity contribution is -0.0982. The fraction of sp³-hybridized carbons (Fsp3) is 0.733. The molecule has 1 saturated carbocycles. The smallest absolute Gasteiger partial charge is 0.423 e. The van der Waals surface area contributed by atoms with Crippen LogP contribution in [0, 0.1) is 0 Å². The highest BCUT2D eigenvalue weighted by Gasteiger charge is 2.39. The van der Waals surface area contributed by atoms with E-state index in [0.29, 0.717) is 17.5 Å². The monoisotopic (exact) mass is 307 g/mol. The number of aliphatic hydroxyl groups is 1. The van der Waals surface area contributed by atoms with Gasteiger partial charge in [-0.1, -0.05) is 12.8 Å². The quantitative estimate of drug-likeness (QED) is 0.682. The molecule has 0 saturated heterocycles. The van der Waals surface area contributed by atoms with Crippen LogP contribution in [0.4, 0.5) is 5.95 Å². The third-order valence-electron chi connectivity index (χ3n) is 4.52. The average molecular weight is 307 g/mol. The molecule has 22 heavy (non-hydrogen) atoms. The second kappa shape index (κ2) is 6.52. The third-order valence-corrected chi connectivity index (χ3v) is 4.52. The Hall–Kier alpha value is -1.18. The van der Waals surface area contributed by atoms with Gasteiger partial charge in [-0.2, -0.15) is 0 Å². The van der Waals surface area contributed by atoms with Gasteiger partial charge in [-0.05, 0) is 40.5 Å². The van der Waals surface area contributed by atoms with E-state index in [1.807, 2.05) is 0 Å². The molecule has 3 N–H and O–H groups in total. The van der Waals surface area contributed by atoms with Crippen molar-refractivity contribution >= 4 is 18.5 Å². The largest absolute Gasteiger partial charge is 0.494 e. The molecule has 0 atom stereocenters. The second-order valence-corrected chi connectivity index (χ2v) is 7.01. The number of rotatable bonds is 6. The Labute approximate surface area is 132 Å². The van der Waals surface area contributed by atoms with Crippen LogP contribution in [0.2, 0.25) is 0 Å². The van der Waals surface area contributed by atoms with E-state index >= 15 is 0 Å². The van der Waals surface area contributed by atoms with E-state index < -0.39 is 18.3 Å². The predicted octanol–water partition coefficient (Wildman–Crippen LogP) is 1.08. The summed E-state index contributed by atoms with van der Waals surface area (Å²) in [5.74, 6) is 0.574. The highest BCUT2D eigenvalue weighted by Crippen LogP contribution is 2.25. The Balaban J connectivity index is 1.97. The zero-order valence-corrected chi connectivity index (χ0v) is 13.8. The number of nitrogens with one attached hydrogen (secondary N) is 1. The minimum Gasteiger partial charge on any atom is -0.423 e. The molecule has 2 rings (SSSR count). The van der Waals surface area contributed by atoms with Gasteiger partial charge in [0, 0.05) is 23.9 Å². The van der Waals surface area contributed by atoms with Crippen molar-refractivity contribution in [2.24, 2.45) is 0 Å². The minimum atomic E-state index is -1.18. The normalized spacial score (nSPS) is 16.8. The van der Waals surface area contributed by atoms with Crippen LogP contribution in [0.1, 0.15) is 53.4 Å². The Morgan fingerprint density at radius 3 is 2.23 bits per heavy atom. The molecule has 1 heterocycles. The number of anilines is 1. The molecule has 6 nitrogen and oxygen atoms in total. The summed E-state index contributed by atoms with van der Waals surface area (Å²) >= 11 is 0. The molecule has 0 radical (unpaired) electrons. The molecule has 0 spiro atoms. The first-order valence-electron chi connectivity index (χ1n) is 7.86. The van der Waals surface area contributed by atoms with E-state index in [-0.39, 0.29) is 0 Å². The molecule has 0 unspecified atom stereocenters. The Kier molecular flexibility index (Phi) is 5.09. The van der Waals surface area contributed by atoms with Gasteiger partial charge in [0.15, 0.2) is 0 Å². The summed E-state index contributed by atoms with van der Waals surface area (Å²) in [5.41, 5.74) is -1.53. The molecule has 122 valence electrons. The molecular formula is C15H26BN3O3. The Morgan fingerprint density at radius 2 is 1.73 bits per heavy atom.